The van der Waals surface area contributed by atoms with Gasteiger partial charge in [0.25, 0.3) is 0 Å². The molecule has 3 rings (SSSR count). The van der Waals surface area contributed by atoms with E-state index < -0.39 is 6.10 Å². The van der Waals surface area contributed by atoms with Crippen LogP contribution < -0.4 is 4.74 Å². The fourth-order valence-electron chi connectivity index (χ4n) is 2.89. The van der Waals surface area contributed by atoms with Crippen LogP contribution in [0.2, 0.25) is 0 Å². The van der Waals surface area contributed by atoms with Gasteiger partial charge in [-0.05, 0) is 13.0 Å². The molecule has 4 nitrogen and oxygen atoms in total. The lowest BCUT2D eigenvalue weighted by molar-refractivity contribution is -0.0720. The first-order valence-corrected chi connectivity index (χ1v) is 6.61. The number of nitrogens with zero attached hydrogens (tertiary/aromatic N) is 1. The van der Waals surface area contributed by atoms with E-state index in [9.17, 15) is 9.50 Å². The van der Waals surface area contributed by atoms with Crippen LogP contribution in [0.5, 0.6) is 5.75 Å². The molecule has 0 amide bonds. The van der Waals surface area contributed by atoms with E-state index in [0.717, 1.165) is 18.7 Å². The predicted molar refractivity (Wildman–Crippen MR) is 67.6 cm³/mol. The number of halogens is 1. The highest BCUT2D eigenvalue weighted by molar-refractivity contribution is 5.39. The fourth-order valence-corrected chi connectivity index (χ4v) is 2.89. The van der Waals surface area contributed by atoms with Crippen molar-refractivity contribution < 1.29 is 19.0 Å². The second-order valence-corrected chi connectivity index (χ2v) is 5.18. The lowest BCUT2D eigenvalue weighted by Gasteiger charge is -2.42. The molecule has 0 bridgehead atoms. The Kier molecular flexibility index (Phi) is 3.43. The van der Waals surface area contributed by atoms with E-state index in [4.69, 9.17) is 9.47 Å². The lowest BCUT2D eigenvalue weighted by atomic mass is 9.96. The Hall–Kier alpha value is -1.17. The van der Waals surface area contributed by atoms with Gasteiger partial charge in [-0.3, -0.25) is 4.90 Å². The summed E-state index contributed by atoms with van der Waals surface area (Å²) in [6.07, 6.45) is -0.448. The molecule has 0 spiro atoms. The number of hydrogen-bond acceptors (Lipinski definition) is 4. The average molecular weight is 267 g/mol. The van der Waals surface area contributed by atoms with Gasteiger partial charge in [0, 0.05) is 24.7 Å². The summed E-state index contributed by atoms with van der Waals surface area (Å²) >= 11 is 0. The molecule has 1 aromatic carbocycles. The van der Waals surface area contributed by atoms with Gasteiger partial charge in [-0.1, -0.05) is 6.07 Å². The number of morpholine rings is 1. The zero-order valence-corrected chi connectivity index (χ0v) is 10.9. The van der Waals surface area contributed by atoms with Crippen molar-refractivity contribution in [3.8, 4) is 5.75 Å². The molecular formula is C14H18FNO3. The number of ether oxygens (including phenoxy) is 2. The van der Waals surface area contributed by atoms with Crippen LogP contribution in [0.4, 0.5) is 4.39 Å². The molecule has 1 saturated heterocycles. The van der Waals surface area contributed by atoms with Gasteiger partial charge in [0.1, 0.15) is 24.3 Å². The topological polar surface area (TPSA) is 41.9 Å². The van der Waals surface area contributed by atoms with Crippen molar-refractivity contribution in [3.63, 3.8) is 0 Å². The molecule has 1 N–H and O–H groups in total. The standard InChI is InChI=1S/C14H18FNO3/c1-9-7-16(4-5-18-9)14-11-3-2-10(15)6-13(11)19-8-12(14)17/h2-3,6,9,12,14,17H,4-5,7-8H2,1H3/t9-,12+,14+/m1/s1. The molecular weight excluding hydrogens is 249 g/mol. The van der Waals surface area contributed by atoms with Crippen LogP contribution in [0.3, 0.4) is 0 Å². The molecule has 19 heavy (non-hydrogen) atoms. The van der Waals surface area contributed by atoms with Crippen molar-refractivity contribution in [2.75, 3.05) is 26.3 Å². The highest BCUT2D eigenvalue weighted by Gasteiger charge is 2.36. The van der Waals surface area contributed by atoms with E-state index in [2.05, 4.69) is 4.90 Å². The Bertz CT molecular complexity index is 468. The van der Waals surface area contributed by atoms with Crippen molar-refractivity contribution >= 4 is 0 Å². The van der Waals surface area contributed by atoms with E-state index in [1.165, 1.54) is 12.1 Å². The average Bonchev–Trinajstić information content (AvgIpc) is 2.39. The van der Waals surface area contributed by atoms with Crippen molar-refractivity contribution in [3.05, 3.63) is 29.6 Å². The quantitative estimate of drug-likeness (QED) is 0.834. The van der Waals surface area contributed by atoms with Crippen molar-refractivity contribution in [2.45, 2.75) is 25.2 Å². The van der Waals surface area contributed by atoms with Crippen LogP contribution in [0.15, 0.2) is 18.2 Å². The minimum Gasteiger partial charge on any atom is -0.490 e. The van der Waals surface area contributed by atoms with Gasteiger partial charge in [-0.15, -0.1) is 0 Å². The zero-order chi connectivity index (χ0) is 13.4. The van der Waals surface area contributed by atoms with Gasteiger partial charge in [-0.25, -0.2) is 4.39 Å². The van der Waals surface area contributed by atoms with E-state index in [1.54, 1.807) is 6.07 Å². The summed E-state index contributed by atoms with van der Waals surface area (Å²) in [5, 5.41) is 10.2. The third-order valence-corrected chi connectivity index (χ3v) is 3.73. The van der Waals surface area contributed by atoms with Crippen LogP contribution in [-0.4, -0.2) is 48.5 Å². The maximum absolute atomic E-state index is 13.2. The van der Waals surface area contributed by atoms with Crippen LogP contribution in [0, 0.1) is 5.82 Å². The molecule has 2 aliphatic heterocycles. The van der Waals surface area contributed by atoms with Crippen LogP contribution in [0.25, 0.3) is 0 Å². The number of hydrogen-bond donors (Lipinski definition) is 1. The minimum atomic E-state index is -0.594. The van der Waals surface area contributed by atoms with Crippen molar-refractivity contribution in [1.29, 1.82) is 0 Å². The summed E-state index contributed by atoms with van der Waals surface area (Å²) < 4.78 is 24.2. The van der Waals surface area contributed by atoms with Gasteiger partial charge >= 0.3 is 0 Å². The second kappa shape index (κ2) is 5.07. The third-order valence-electron chi connectivity index (χ3n) is 3.73. The van der Waals surface area contributed by atoms with E-state index in [1.807, 2.05) is 6.92 Å². The molecule has 0 saturated carbocycles. The summed E-state index contributed by atoms with van der Waals surface area (Å²) in [7, 11) is 0. The molecule has 104 valence electrons. The minimum absolute atomic E-state index is 0.143. The number of rotatable bonds is 1. The van der Waals surface area contributed by atoms with E-state index in [-0.39, 0.29) is 24.6 Å². The first kappa shape index (κ1) is 12.8. The maximum atomic E-state index is 13.2. The number of benzene rings is 1. The normalized spacial score (nSPS) is 31.6. The largest absolute Gasteiger partial charge is 0.490 e. The predicted octanol–water partition coefficient (Wildman–Crippen LogP) is 1.34. The van der Waals surface area contributed by atoms with Gasteiger partial charge in [0.15, 0.2) is 0 Å². The first-order valence-electron chi connectivity index (χ1n) is 6.61. The molecule has 1 fully saturated rings. The summed E-state index contributed by atoms with van der Waals surface area (Å²) in [5.41, 5.74) is 0.856. The molecule has 2 aliphatic rings. The van der Waals surface area contributed by atoms with Crippen LogP contribution >= 0.6 is 0 Å². The van der Waals surface area contributed by atoms with E-state index in [0.29, 0.717) is 12.4 Å². The Morgan fingerprint density at radius 3 is 3.05 bits per heavy atom. The molecule has 5 heteroatoms. The molecule has 2 heterocycles. The molecule has 3 atom stereocenters. The summed E-state index contributed by atoms with van der Waals surface area (Å²) in [4.78, 5) is 2.19. The maximum Gasteiger partial charge on any atom is 0.127 e. The molecule has 0 unspecified atom stereocenters. The Balaban J connectivity index is 1.92. The Labute approximate surface area is 111 Å². The monoisotopic (exact) mass is 267 g/mol. The highest BCUT2D eigenvalue weighted by Crippen LogP contribution is 2.37. The van der Waals surface area contributed by atoms with Crippen molar-refractivity contribution in [2.24, 2.45) is 0 Å². The highest BCUT2D eigenvalue weighted by atomic mass is 19.1. The number of fused-ring (bicyclic) bond motifs is 1. The summed E-state index contributed by atoms with van der Waals surface area (Å²) in [6, 6.07) is 4.36. The third kappa shape index (κ3) is 2.45. The lowest BCUT2D eigenvalue weighted by Crippen LogP contribution is -2.49. The van der Waals surface area contributed by atoms with Gasteiger partial charge in [0.05, 0.1) is 18.8 Å². The number of aliphatic hydroxyl groups is 1. The number of aliphatic hydroxyl groups excluding tert-OH is 1. The van der Waals surface area contributed by atoms with Gasteiger partial charge < -0.3 is 14.6 Å². The first-order chi connectivity index (χ1) is 9.15. The molecule has 0 aliphatic carbocycles. The SMILES string of the molecule is C[C@@H]1CN([C@H]2c3ccc(F)cc3OC[C@@H]2O)CCO1. The fraction of sp³-hybridized carbons (Fsp3) is 0.571. The van der Waals surface area contributed by atoms with Crippen LogP contribution in [0.1, 0.15) is 18.5 Å². The molecule has 0 radical (unpaired) electrons. The molecule has 0 aromatic heterocycles. The Morgan fingerprint density at radius 1 is 1.42 bits per heavy atom. The van der Waals surface area contributed by atoms with Gasteiger partial charge in [-0.2, -0.15) is 0 Å². The van der Waals surface area contributed by atoms with E-state index >= 15 is 0 Å². The summed E-state index contributed by atoms with van der Waals surface area (Å²) in [6.45, 7) is 4.40. The second-order valence-electron chi connectivity index (χ2n) is 5.18. The molecule has 1 aromatic rings. The zero-order valence-electron chi connectivity index (χ0n) is 10.9. The Morgan fingerprint density at radius 2 is 2.26 bits per heavy atom. The van der Waals surface area contributed by atoms with Crippen molar-refractivity contribution in [1.82, 2.24) is 4.90 Å². The smallest absolute Gasteiger partial charge is 0.127 e. The van der Waals surface area contributed by atoms with Crippen LogP contribution in [-0.2, 0) is 4.74 Å². The summed E-state index contributed by atoms with van der Waals surface area (Å²) in [5.74, 6) is 0.221. The van der Waals surface area contributed by atoms with Gasteiger partial charge in [0.2, 0.25) is 0 Å².